The smallest absolute Gasteiger partial charge is 0.0440 e. The van der Waals surface area contributed by atoms with Crippen molar-refractivity contribution in [3.63, 3.8) is 0 Å². The van der Waals surface area contributed by atoms with Crippen LogP contribution in [0.15, 0.2) is 24.3 Å². The number of piperazine rings is 1. The van der Waals surface area contributed by atoms with Crippen molar-refractivity contribution >= 4 is 28.3 Å². The second kappa shape index (κ2) is 6.22. The van der Waals surface area contributed by atoms with Crippen molar-refractivity contribution in [2.24, 2.45) is 5.92 Å². The number of hydrogen-bond acceptors (Lipinski definition) is 2. The van der Waals surface area contributed by atoms with E-state index in [1.807, 2.05) is 0 Å². The predicted octanol–water partition coefficient (Wildman–Crippen LogP) is 3.99. The van der Waals surface area contributed by atoms with Gasteiger partial charge in [0.25, 0.3) is 0 Å². The first-order valence-corrected chi connectivity index (χ1v) is 8.99. The lowest BCUT2D eigenvalue weighted by molar-refractivity contribution is 0.100. The lowest BCUT2D eigenvalue weighted by Gasteiger charge is -2.50. The van der Waals surface area contributed by atoms with Gasteiger partial charge in [0.1, 0.15) is 0 Å². The van der Waals surface area contributed by atoms with Crippen LogP contribution in [-0.4, -0.2) is 36.6 Å². The van der Waals surface area contributed by atoms with Crippen LogP contribution in [0.2, 0.25) is 0 Å². The number of fused-ring (bicyclic) bond motifs is 1. The van der Waals surface area contributed by atoms with Crippen molar-refractivity contribution < 1.29 is 0 Å². The van der Waals surface area contributed by atoms with Crippen molar-refractivity contribution in [3.05, 3.63) is 27.8 Å². The average Bonchev–Trinajstić information content (AvgIpc) is 2.46. The van der Waals surface area contributed by atoms with E-state index in [2.05, 4.69) is 70.5 Å². The maximum atomic E-state index is 2.75. The van der Waals surface area contributed by atoms with E-state index in [0.29, 0.717) is 12.0 Å². The Balaban J connectivity index is 1.86. The molecule has 20 heavy (non-hydrogen) atoms. The molecule has 2 aliphatic rings. The Morgan fingerprint density at radius 1 is 1.20 bits per heavy atom. The Morgan fingerprint density at radius 2 is 2.05 bits per heavy atom. The zero-order valence-corrected chi connectivity index (χ0v) is 14.7. The van der Waals surface area contributed by atoms with E-state index in [-0.39, 0.29) is 0 Å². The molecule has 2 heterocycles. The number of hydrogen-bond donors (Lipinski definition) is 0. The summed E-state index contributed by atoms with van der Waals surface area (Å²) in [5.41, 5.74) is 1.42. The maximum Gasteiger partial charge on any atom is 0.0440 e. The van der Waals surface area contributed by atoms with Gasteiger partial charge in [-0.1, -0.05) is 26.3 Å². The van der Waals surface area contributed by atoms with Gasteiger partial charge >= 0.3 is 0 Å². The Labute approximate surface area is 136 Å². The zero-order chi connectivity index (χ0) is 14.1. The molecular formula is C17H25IN2. The molecule has 2 fully saturated rings. The van der Waals surface area contributed by atoms with E-state index >= 15 is 0 Å². The lowest BCUT2D eigenvalue weighted by atomic mass is 9.91. The predicted molar refractivity (Wildman–Crippen MR) is 94.3 cm³/mol. The fourth-order valence-corrected chi connectivity index (χ4v) is 4.26. The van der Waals surface area contributed by atoms with Crippen molar-refractivity contribution in [3.8, 4) is 0 Å². The number of halogens is 1. The molecule has 0 N–H and O–H groups in total. The first-order chi connectivity index (χ1) is 9.65. The minimum absolute atomic E-state index is 0.655. The van der Waals surface area contributed by atoms with Gasteiger partial charge in [-0.15, -0.1) is 0 Å². The molecule has 1 aromatic carbocycles. The normalized spacial score (nSPS) is 27.7. The number of rotatable bonds is 2. The summed E-state index contributed by atoms with van der Waals surface area (Å²) in [5.74, 6) is 0.704. The minimum Gasteiger partial charge on any atom is -0.365 e. The molecule has 110 valence electrons. The summed E-state index contributed by atoms with van der Waals surface area (Å²) in [4.78, 5) is 5.43. The summed E-state index contributed by atoms with van der Waals surface area (Å²) in [5, 5.41) is 0. The summed E-state index contributed by atoms with van der Waals surface area (Å²) < 4.78 is 1.34. The quantitative estimate of drug-likeness (QED) is 0.712. The highest BCUT2D eigenvalue weighted by Gasteiger charge is 2.36. The Morgan fingerprint density at radius 3 is 2.80 bits per heavy atom. The number of piperidine rings is 1. The fourth-order valence-electron chi connectivity index (χ4n) is 3.73. The van der Waals surface area contributed by atoms with Crippen LogP contribution in [0, 0.1) is 9.49 Å². The third kappa shape index (κ3) is 2.98. The Bertz CT molecular complexity index is 460. The summed E-state index contributed by atoms with van der Waals surface area (Å²) >= 11 is 2.43. The van der Waals surface area contributed by atoms with Crippen molar-refractivity contribution in [2.45, 2.75) is 45.2 Å². The molecular weight excluding hydrogens is 359 g/mol. The van der Waals surface area contributed by atoms with E-state index in [9.17, 15) is 0 Å². The van der Waals surface area contributed by atoms with Gasteiger partial charge in [-0.25, -0.2) is 0 Å². The van der Waals surface area contributed by atoms with E-state index in [4.69, 9.17) is 0 Å². The second-order valence-corrected chi connectivity index (χ2v) is 7.83. The highest BCUT2D eigenvalue weighted by atomic mass is 127. The monoisotopic (exact) mass is 384 g/mol. The van der Waals surface area contributed by atoms with Crippen LogP contribution in [0.4, 0.5) is 5.69 Å². The van der Waals surface area contributed by atoms with Gasteiger partial charge in [0.15, 0.2) is 0 Å². The van der Waals surface area contributed by atoms with Gasteiger partial charge in [0, 0.05) is 34.4 Å². The molecule has 1 aromatic rings. The van der Waals surface area contributed by atoms with Crippen LogP contribution in [0.25, 0.3) is 0 Å². The van der Waals surface area contributed by atoms with Crippen LogP contribution >= 0.6 is 22.6 Å². The first kappa shape index (κ1) is 14.6. The minimum atomic E-state index is 0.655. The van der Waals surface area contributed by atoms with Gasteiger partial charge in [-0.05, 0) is 66.1 Å². The highest BCUT2D eigenvalue weighted by Crippen LogP contribution is 2.31. The molecule has 0 bridgehead atoms. The van der Waals surface area contributed by atoms with Crippen LogP contribution in [0.3, 0.4) is 0 Å². The van der Waals surface area contributed by atoms with Crippen molar-refractivity contribution in [1.29, 1.82) is 0 Å². The Kier molecular flexibility index (Phi) is 4.55. The summed E-state index contributed by atoms with van der Waals surface area (Å²) in [6.45, 7) is 8.51. The topological polar surface area (TPSA) is 6.48 Å². The molecule has 2 atom stereocenters. The molecule has 2 nitrogen and oxygen atoms in total. The molecule has 2 aliphatic heterocycles. The Hall–Kier alpha value is -0.290. The third-order valence-electron chi connectivity index (χ3n) is 4.89. The van der Waals surface area contributed by atoms with E-state index in [1.165, 1.54) is 48.2 Å². The molecule has 3 heteroatoms. The maximum absolute atomic E-state index is 2.75. The number of nitrogens with zero attached hydrogens (tertiary/aromatic N) is 2. The van der Waals surface area contributed by atoms with Crippen molar-refractivity contribution in [1.82, 2.24) is 4.90 Å². The second-order valence-electron chi connectivity index (χ2n) is 6.59. The van der Waals surface area contributed by atoms with Gasteiger partial charge in [0.2, 0.25) is 0 Å². The third-order valence-corrected chi connectivity index (χ3v) is 5.56. The lowest BCUT2D eigenvalue weighted by Crippen LogP contribution is -2.61. The van der Waals surface area contributed by atoms with E-state index in [0.717, 1.165) is 6.04 Å². The number of benzene rings is 1. The molecule has 0 amide bonds. The first-order valence-electron chi connectivity index (χ1n) is 7.91. The zero-order valence-electron chi connectivity index (χ0n) is 12.6. The SMILES string of the molecule is CC(C)C1CN2CCCCC2CN1c1cccc(I)c1. The summed E-state index contributed by atoms with van der Waals surface area (Å²) in [6, 6.07) is 10.4. The molecule has 3 rings (SSSR count). The van der Waals surface area contributed by atoms with E-state index in [1.54, 1.807) is 0 Å². The van der Waals surface area contributed by atoms with Gasteiger partial charge in [0.05, 0.1) is 0 Å². The molecule has 0 spiro atoms. The number of anilines is 1. The van der Waals surface area contributed by atoms with Gasteiger partial charge in [-0.3, -0.25) is 4.90 Å². The summed E-state index contributed by atoms with van der Waals surface area (Å²) in [7, 11) is 0. The summed E-state index contributed by atoms with van der Waals surface area (Å²) in [6.07, 6.45) is 4.18. The van der Waals surface area contributed by atoms with Crippen LogP contribution in [0.1, 0.15) is 33.1 Å². The fraction of sp³-hybridized carbons (Fsp3) is 0.647. The van der Waals surface area contributed by atoms with Crippen LogP contribution < -0.4 is 4.90 Å². The van der Waals surface area contributed by atoms with E-state index < -0.39 is 0 Å². The molecule has 2 saturated heterocycles. The molecule has 0 radical (unpaired) electrons. The molecule has 0 saturated carbocycles. The average molecular weight is 384 g/mol. The largest absolute Gasteiger partial charge is 0.365 e. The van der Waals surface area contributed by atoms with Crippen LogP contribution in [-0.2, 0) is 0 Å². The molecule has 2 unspecified atom stereocenters. The van der Waals surface area contributed by atoms with Crippen LogP contribution in [0.5, 0.6) is 0 Å². The van der Waals surface area contributed by atoms with Crippen molar-refractivity contribution in [2.75, 3.05) is 24.5 Å². The highest BCUT2D eigenvalue weighted by molar-refractivity contribution is 14.1. The van der Waals surface area contributed by atoms with Gasteiger partial charge < -0.3 is 4.90 Å². The molecule has 0 aliphatic carbocycles. The standard InChI is InChI=1S/C17H25IN2/c1-13(2)17-12-19-9-4-3-7-16(19)11-20(17)15-8-5-6-14(18)10-15/h5-6,8,10,13,16-17H,3-4,7,9,11-12H2,1-2H3. The molecule has 0 aromatic heterocycles. The van der Waals surface area contributed by atoms with Gasteiger partial charge in [-0.2, -0.15) is 0 Å².